The smallest absolute Gasteiger partial charge is 0.294 e. The number of aliphatic hydroxyl groups excluding tert-OH is 1. The second-order valence-electron chi connectivity index (χ2n) is 11.8. The average molecular weight is 734 g/mol. The van der Waals surface area contributed by atoms with Gasteiger partial charge in [-0.15, -0.1) is 0 Å². The van der Waals surface area contributed by atoms with Crippen molar-refractivity contribution in [1.29, 1.82) is 0 Å². The molecule has 4 aromatic heterocycles. The zero-order valence-electron chi connectivity index (χ0n) is 28.2. The molecule has 0 amide bonds. The molecule has 1 aliphatic carbocycles. The number of para-hydroxylation sites is 2. The number of benzene rings is 2. The lowest BCUT2D eigenvalue weighted by Crippen LogP contribution is -2.39. The van der Waals surface area contributed by atoms with Gasteiger partial charge in [0.15, 0.2) is 34.6 Å². The summed E-state index contributed by atoms with van der Waals surface area (Å²) in [6.45, 7) is 0.00272. The lowest BCUT2D eigenvalue weighted by molar-refractivity contribution is -0.160. The van der Waals surface area contributed by atoms with Crippen LogP contribution < -0.4 is 25.9 Å². The van der Waals surface area contributed by atoms with Crippen LogP contribution in [0.3, 0.4) is 0 Å². The maximum Gasteiger partial charge on any atom is 0.294 e. The second-order valence-corrected chi connectivity index (χ2v) is 12.5. The summed E-state index contributed by atoms with van der Waals surface area (Å²) in [4.78, 5) is 46.6. The van der Waals surface area contributed by atoms with E-state index in [1.54, 1.807) is 31.4 Å². The van der Waals surface area contributed by atoms with Crippen LogP contribution in [-0.4, -0.2) is 53.4 Å². The van der Waals surface area contributed by atoms with E-state index >= 15 is 0 Å². The molecule has 0 radical (unpaired) electrons. The van der Waals surface area contributed by atoms with Crippen LogP contribution in [0, 0.1) is 11.6 Å². The number of hydrogen-bond acceptors (Lipinski definition) is 13. The van der Waals surface area contributed by atoms with Gasteiger partial charge in [-0.1, -0.05) is 37.1 Å². The van der Waals surface area contributed by atoms with Crippen molar-refractivity contribution in [2.45, 2.75) is 36.4 Å². The van der Waals surface area contributed by atoms with E-state index in [-0.39, 0.29) is 34.8 Å². The van der Waals surface area contributed by atoms with Gasteiger partial charge in [0.25, 0.3) is 11.1 Å². The number of aryl methyl sites for hydroxylation is 2. The first-order valence-electron chi connectivity index (χ1n) is 16.0. The summed E-state index contributed by atoms with van der Waals surface area (Å²) in [7, 11) is 4.47. The van der Waals surface area contributed by atoms with E-state index in [4.69, 9.17) is 13.8 Å². The van der Waals surface area contributed by atoms with Crippen LogP contribution in [-0.2, 0) is 23.3 Å². The fourth-order valence-corrected chi connectivity index (χ4v) is 5.98. The highest BCUT2D eigenvalue weighted by Crippen LogP contribution is 2.32. The topological polar surface area (TPSA) is 165 Å². The minimum absolute atomic E-state index is 0.00272. The molecule has 1 saturated carbocycles. The zero-order valence-corrected chi connectivity index (χ0v) is 29.0. The SMILES string of the molecule is COOSc1ncc2cc(Oc3ccccc3F)c(=O)n(C)c2n1.Cn1c(=O)c(Oc2ccccc2F)cc2cnc(NC3(CO)CCCC3)nc21. The van der Waals surface area contributed by atoms with Crippen molar-refractivity contribution in [2.75, 3.05) is 19.0 Å². The molecule has 0 saturated heterocycles. The summed E-state index contributed by atoms with van der Waals surface area (Å²) in [6, 6.07) is 14.7. The van der Waals surface area contributed by atoms with Crippen LogP contribution in [0.15, 0.2) is 87.8 Å². The number of anilines is 1. The van der Waals surface area contributed by atoms with E-state index in [2.05, 4.69) is 30.1 Å². The van der Waals surface area contributed by atoms with Gasteiger partial charge in [0.2, 0.25) is 11.1 Å². The fourth-order valence-electron chi connectivity index (χ4n) is 5.63. The largest absolute Gasteiger partial charge is 0.448 e. The molecular formula is C35H33F2N7O7S. The Bertz CT molecular complexity index is 2350. The molecule has 1 fully saturated rings. The Kier molecular flexibility index (Phi) is 11.0. The van der Waals surface area contributed by atoms with Crippen LogP contribution in [0.25, 0.3) is 22.1 Å². The second kappa shape index (κ2) is 15.8. The van der Waals surface area contributed by atoms with Gasteiger partial charge in [-0.05, 0) is 49.2 Å². The Morgan fingerprint density at radius 3 is 1.85 bits per heavy atom. The van der Waals surface area contributed by atoms with Crippen LogP contribution in [0.4, 0.5) is 14.7 Å². The summed E-state index contributed by atoms with van der Waals surface area (Å²) in [5.41, 5.74) is -0.487. The number of pyridine rings is 2. The standard InChI is InChI=1S/C20H21FN4O3.C15H12FN3O4S/c1-25-17-13(10-16(18(25)27)28-15-7-3-2-6-14(15)21)11-22-19(23-17)24-20(12-26)8-4-5-9-20;1-19-13-9(8-17-15(18-13)24-23-21-2)7-12(14(19)20)22-11-6-4-3-5-10(11)16/h2-3,6-7,10-11,26H,4-5,8-9,12H2,1H3,(H,22,23,24);3-8H,1-2H3. The summed E-state index contributed by atoms with van der Waals surface area (Å²) in [5, 5.41) is 14.4. The number of fused-ring (bicyclic) bond motifs is 2. The number of aliphatic hydroxyl groups is 1. The first-order valence-corrected chi connectivity index (χ1v) is 16.7. The molecule has 270 valence electrons. The quantitative estimate of drug-likeness (QED) is 0.0750. The van der Waals surface area contributed by atoms with E-state index in [1.165, 1.54) is 72.0 Å². The maximum absolute atomic E-state index is 13.9. The minimum Gasteiger partial charge on any atom is -0.448 e. The Morgan fingerprint density at radius 1 is 0.808 bits per heavy atom. The van der Waals surface area contributed by atoms with E-state index < -0.39 is 28.3 Å². The number of hydrogen-bond donors (Lipinski definition) is 2. The van der Waals surface area contributed by atoms with Crippen molar-refractivity contribution in [1.82, 2.24) is 29.1 Å². The van der Waals surface area contributed by atoms with Gasteiger partial charge < -0.3 is 19.9 Å². The molecule has 0 atom stereocenters. The lowest BCUT2D eigenvalue weighted by atomic mass is 9.99. The molecule has 7 rings (SSSR count). The number of halogens is 2. The van der Waals surface area contributed by atoms with Crippen LogP contribution >= 0.6 is 12.0 Å². The molecule has 0 spiro atoms. The van der Waals surface area contributed by atoms with Gasteiger partial charge in [0.05, 0.1) is 19.3 Å². The molecule has 17 heteroatoms. The maximum atomic E-state index is 13.9. The lowest BCUT2D eigenvalue weighted by Gasteiger charge is -2.27. The third-order valence-electron chi connectivity index (χ3n) is 8.34. The van der Waals surface area contributed by atoms with Gasteiger partial charge >= 0.3 is 0 Å². The third kappa shape index (κ3) is 7.86. The van der Waals surface area contributed by atoms with Gasteiger partial charge in [0.1, 0.15) is 23.3 Å². The highest BCUT2D eigenvalue weighted by atomic mass is 32.2. The van der Waals surface area contributed by atoms with Crippen LogP contribution in [0.1, 0.15) is 25.7 Å². The fraction of sp³-hybridized carbons (Fsp3) is 0.257. The normalized spacial score (nSPS) is 13.5. The number of aromatic nitrogens is 6. The molecule has 6 aromatic rings. The predicted molar refractivity (Wildman–Crippen MR) is 188 cm³/mol. The Hall–Kier alpha value is -5.49. The molecule has 2 N–H and O–H groups in total. The minimum atomic E-state index is -0.556. The van der Waals surface area contributed by atoms with Gasteiger partial charge in [-0.25, -0.2) is 28.6 Å². The number of nitrogens with one attached hydrogen (secondary N) is 1. The van der Waals surface area contributed by atoms with Crippen molar-refractivity contribution in [2.24, 2.45) is 14.1 Å². The molecule has 0 bridgehead atoms. The van der Waals surface area contributed by atoms with Crippen molar-refractivity contribution in [3.63, 3.8) is 0 Å². The van der Waals surface area contributed by atoms with Crippen LogP contribution in [0.5, 0.6) is 23.0 Å². The molecule has 2 aromatic carbocycles. The summed E-state index contributed by atoms with van der Waals surface area (Å²) in [5.74, 6) is -0.828. The van der Waals surface area contributed by atoms with E-state index in [0.29, 0.717) is 28.0 Å². The van der Waals surface area contributed by atoms with Crippen molar-refractivity contribution in [3.05, 3.63) is 105 Å². The first kappa shape index (κ1) is 36.3. The number of nitrogens with zero attached hydrogens (tertiary/aromatic N) is 6. The average Bonchev–Trinajstić information content (AvgIpc) is 3.63. The highest BCUT2D eigenvalue weighted by Gasteiger charge is 2.34. The third-order valence-corrected chi connectivity index (χ3v) is 8.89. The molecule has 1 aliphatic rings. The molecule has 0 aliphatic heterocycles. The summed E-state index contributed by atoms with van der Waals surface area (Å²) in [6.07, 6.45) is 6.86. The molecule has 4 heterocycles. The van der Waals surface area contributed by atoms with Gasteiger partial charge in [-0.2, -0.15) is 9.32 Å². The van der Waals surface area contributed by atoms with Gasteiger partial charge in [0, 0.05) is 37.3 Å². The first-order chi connectivity index (χ1) is 25.1. The molecule has 52 heavy (non-hydrogen) atoms. The van der Waals surface area contributed by atoms with Crippen molar-refractivity contribution in [3.8, 4) is 23.0 Å². The van der Waals surface area contributed by atoms with E-state index in [1.807, 2.05) is 0 Å². The monoisotopic (exact) mass is 733 g/mol. The Morgan fingerprint density at radius 2 is 1.33 bits per heavy atom. The predicted octanol–water partition coefficient (Wildman–Crippen LogP) is 5.82. The number of rotatable bonds is 10. The van der Waals surface area contributed by atoms with Crippen molar-refractivity contribution >= 4 is 40.1 Å². The van der Waals surface area contributed by atoms with E-state index in [9.17, 15) is 23.5 Å². The molecule has 14 nitrogen and oxygen atoms in total. The number of ether oxygens (including phenoxy) is 2. The van der Waals surface area contributed by atoms with Crippen LogP contribution in [0.2, 0.25) is 0 Å². The summed E-state index contributed by atoms with van der Waals surface area (Å²) >= 11 is 0.818. The highest BCUT2D eigenvalue weighted by molar-refractivity contribution is 7.94. The molecular weight excluding hydrogens is 700 g/mol. The Balaban J connectivity index is 0.000000181. The zero-order chi connectivity index (χ0) is 36.8. The van der Waals surface area contributed by atoms with E-state index in [0.717, 1.165) is 37.7 Å². The Labute approximate surface area is 299 Å². The molecule has 0 unspecified atom stereocenters. The van der Waals surface area contributed by atoms with Gasteiger partial charge in [-0.3, -0.25) is 18.7 Å². The van der Waals surface area contributed by atoms with Crippen molar-refractivity contribution < 1.29 is 32.6 Å². The summed E-state index contributed by atoms with van der Waals surface area (Å²) < 4.78 is 45.8.